The predicted octanol–water partition coefficient (Wildman–Crippen LogP) is 0.972. The fourth-order valence-electron chi connectivity index (χ4n) is 1.89. The van der Waals surface area contributed by atoms with Crippen molar-refractivity contribution in [3.8, 4) is 5.75 Å². The Balaban J connectivity index is 2.02. The van der Waals surface area contributed by atoms with Crippen molar-refractivity contribution in [1.82, 2.24) is 5.32 Å². The summed E-state index contributed by atoms with van der Waals surface area (Å²) >= 11 is 0. The molecule has 1 aromatic carbocycles. The lowest BCUT2D eigenvalue weighted by molar-refractivity contribution is 0.114. The first-order chi connectivity index (χ1) is 9.32. The normalized spacial score (nSPS) is 18.6. The number of aliphatic hydroxyl groups is 1. The molecule has 0 saturated heterocycles. The van der Waals surface area contributed by atoms with Crippen LogP contribution in [0.1, 0.15) is 19.8 Å². The van der Waals surface area contributed by atoms with E-state index in [2.05, 4.69) is 5.32 Å². The van der Waals surface area contributed by atoms with Crippen LogP contribution in [0, 0.1) is 0 Å². The van der Waals surface area contributed by atoms with Gasteiger partial charge in [-0.05, 0) is 38.0 Å². The lowest BCUT2D eigenvalue weighted by atomic mass is 10.1. The van der Waals surface area contributed by atoms with Gasteiger partial charge >= 0.3 is 0 Å². The van der Waals surface area contributed by atoms with Crippen molar-refractivity contribution in [1.29, 1.82) is 0 Å². The summed E-state index contributed by atoms with van der Waals surface area (Å²) < 4.78 is 28.6. The van der Waals surface area contributed by atoms with Crippen molar-refractivity contribution in [2.45, 2.75) is 36.2 Å². The van der Waals surface area contributed by atoms with E-state index < -0.39 is 15.4 Å². The molecule has 0 heterocycles. The Hall–Kier alpha value is -1.11. The quantitative estimate of drug-likeness (QED) is 0.785. The summed E-state index contributed by atoms with van der Waals surface area (Å²) in [4.78, 5) is 0.232. The smallest absolute Gasteiger partial charge is 0.175 e. The van der Waals surface area contributed by atoms with Crippen LogP contribution < -0.4 is 10.1 Å². The standard InChI is InChI=1S/C14H21NO4S/c1-14(9-16,15-11-6-7-11)10-19-12-4-3-5-13(8-12)20(2,17)18/h3-5,8,11,15-16H,6-7,9-10H2,1-2H3. The number of hydrogen-bond acceptors (Lipinski definition) is 5. The number of hydrogen-bond donors (Lipinski definition) is 2. The molecule has 0 aromatic heterocycles. The van der Waals surface area contributed by atoms with Gasteiger partial charge < -0.3 is 15.2 Å². The van der Waals surface area contributed by atoms with Gasteiger partial charge in [0.15, 0.2) is 9.84 Å². The van der Waals surface area contributed by atoms with Crippen LogP contribution in [0.15, 0.2) is 29.2 Å². The van der Waals surface area contributed by atoms with Crippen molar-refractivity contribution in [2.24, 2.45) is 0 Å². The maximum Gasteiger partial charge on any atom is 0.175 e. The molecule has 1 aromatic rings. The monoisotopic (exact) mass is 299 g/mol. The Morgan fingerprint density at radius 1 is 1.45 bits per heavy atom. The van der Waals surface area contributed by atoms with Crippen molar-refractivity contribution in [3.63, 3.8) is 0 Å². The molecule has 0 spiro atoms. The lowest BCUT2D eigenvalue weighted by Crippen LogP contribution is -2.51. The zero-order chi connectivity index (χ0) is 14.8. The average molecular weight is 299 g/mol. The summed E-state index contributed by atoms with van der Waals surface area (Å²) in [6.45, 7) is 2.15. The highest BCUT2D eigenvalue weighted by Crippen LogP contribution is 2.23. The van der Waals surface area contributed by atoms with E-state index in [9.17, 15) is 13.5 Å². The molecular formula is C14H21NO4S. The highest BCUT2D eigenvalue weighted by Gasteiger charge is 2.32. The van der Waals surface area contributed by atoms with E-state index in [1.165, 1.54) is 18.4 Å². The average Bonchev–Trinajstić information content (AvgIpc) is 3.20. The van der Waals surface area contributed by atoms with Crippen LogP contribution in [0.2, 0.25) is 0 Å². The van der Waals surface area contributed by atoms with Crippen molar-refractivity contribution in [3.05, 3.63) is 24.3 Å². The van der Waals surface area contributed by atoms with Gasteiger partial charge in [-0.25, -0.2) is 8.42 Å². The molecule has 1 fully saturated rings. The van der Waals surface area contributed by atoms with Crippen LogP contribution in [-0.4, -0.2) is 44.6 Å². The molecule has 6 heteroatoms. The van der Waals surface area contributed by atoms with Gasteiger partial charge in [0.05, 0.1) is 17.0 Å². The number of aliphatic hydroxyl groups excluding tert-OH is 1. The third-order valence-corrected chi connectivity index (χ3v) is 4.38. The van der Waals surface area contributed by atoms with Crippen LogP contribution >= 0.6 is 0 Å². The van der Waals surface area contributed by atoms with Crippen LogP contribution in [0.5, 0.6) is 5.75 Å². The van der Waals surface area contributed by atoms with Gasteiger partial charge in [-0.3, -0.25) is 0 Å². The third-order valence-electron chi connectivity index (χ3n) is 3.27. The van der Waals surface area contributed by atoms with Crippen molar-refractivity contribution < 1.29 is 18.3 Å². The van der Waals surface area contributed by atoms with Crippen LogP contribution in [0.4, 0.5) is 0 Å². The first-order valence-corrected chi connectivity index (χ1v) is 8.53. The Labute approximate surface area is 119 Å². The summed E-state index contributed by atoms with van der Waals surface area (Å²) in [6, 6.07) is 6.86. The highest BCUT2D eigenvalue weighted by atomic mass is 32.2. The Morgan fingerprint density at radius 2 is 2.15 bits per heavy atom. The second kappa shape index (κ2) is 5.71. The second-order valence-corrected chi connectivity index (χ2v) is 7.69. The summed E-state index contributed by atoms with van der Waals surface area (Å²) in [7, 11) is -3.24. The van der Waals surface area contributed by atoms with E-state index in [-0.39, 0.29) is 18.1 Å². The van der Waals surface area contributed by atoms with Gasteiger partial charge in [-0.2, -0.15) is 0 Å². The molecule has 20 heavy (non-hydrogen) atoms. The molecule has 1 unspecified atom stereocenters. The molecule has 2 rings (SSSR count). The van der Waals surface area contributed by atoms with Crippen molar-refractivity contribution >= 4 is 9.84 Å². The summed E-state index contributed by atoms with van der Waals surface area (Å²) in [5, 5.41) is 12.8. The third kappa shape index (κ3) is 4.19. The molecule has 1 aliphatic rings. The molecule has 1 saturated carbocycles. The van der Waals surface area contributed by atoms with E-state index in [0.29, 0.717) is 11.8 Å². The Kier molecular flexibility index (Phi) is 4.36. The maximum absolute atomic E-state index is 11.5. The van der Waals surface area contributed by atoms with E-state index in [0.717, 1.165) is 12.8 Å². The molecule has 0 radical (unpaired) electrons. The van der Waals surface area contributed by atoms with Crippen LogP contribution in [-0.2, 0) is 9.84 Å². The van der Waals surface area contributed by atoms with Gasteiger partial charge in [0, 0.05) is 12.3 Å². The molecule has 112 valence electrons. The lowest BCUT2D eigenvalue weighted by Gasteiger charge is -2.28. The van der Waals surface area contributed by atoms with Crippen LogP contribution in [0.25, 0.3) is 0 Å². The number of rotatable bonds is 7. The molecule has 0 amide bonds. The van der Waals surface area contributed by atoms with Gasteiger partial charge in [0.1, 0.15) is 12.4 Å². The fraction of sp³-hybridized carbons (Fsp3) is 0.571. The van der Waals surface area contributed by atoms with Gasteiger partial charge in [0.2, 0.25) is 0 Å². The summed E-state index contributed by atoms with van der Waals surface area (Å²) in [5.41, 5.74) is -0.512. The molecule has 2 N–H and O–H groups in total. The summed E-state index contributed by atoms with van der Waals surface area (Å²) in [5.74, 6) is 0.491. The molecule has 1 aliphatic carbocycles. The highest BCUT2D eigenvalue weighted by molar-refractivity contribution is 7.90. The fourth-order valence-corrected chi connectivity index (χ4v) is 2.55. The molecular weight excluding hydrogens is 278 g/mol. The zero-order valence-electron chi connectivity index (χ0n) is 11.8. The number of nitrogens with one attached hydrogen (secondary N) is 1. The van der Waals surface area contributed by atoms with E-state index in [4.69, 9.17) is 4.74 Å². The molecule has 0 aliphatic heterocycles. The number of ether oxygens (including phenoxy) is 1. The Morgan fingerprint density at radius 3 is 2.70 bits per heavy atom. The Bertz CT molecular complexity index is 568. The topological polar surface area (TPSA) is 75.6 Å². The van der Waals surface area contributed by atoms with Crippen LogP contribution in [0.3, 0.4) is 0 Å². The molecule has 1 atom stereocenters. The minimum absolute atomic E-state index is 0.0325. The zero-order valence-corrected chi connectivity index (χ0v) is 12.6. The molecule has 5 nitrogen and oxygen atoms in total. The SMILES string of the molecule is CC(CO)(COc1cccc(S(C)(=O)=O)c1)NC1CC1. The predicted molar refractivity (Wildman–Crippen MR) is 76.7 cm³/mol. The van der Waals surface area contributed by atoms with E-state index in [1.54, 1.807) is 12.1 Å². The van der Waals surface area contributed by atoms with E-state index in [1.807, 2.05) is 6.92 Å². The minimum atomic E-state index is -3.24. The van der Waals surface area contributed by atoms with Gasteiger partial charge in [0.25, 0.3) is 0 Å². The summed E-state index contributed by atoms with van der Waals surface area (Å²) in [6.07, 6.45) is 3.41. The van der Waals surface area contributed by atoms with Gasteiger partial charge in [-0.1, -0.05) is 6.07 Å². The van der Waals surface area contributed by atoms with E-state index >= 15 is 0 Å². The first-order valence-electron chi connectivity index (χ1n) is 6.64. The first kappa shape index (κ1) is 15.3. The largest absolute Gasteiger partial charge is 0.492 e. The van der Waals surface area contributed by atoms with Gasteiger partial charge in [-0.15, -0.1) is 0 Å². The maximum atomic E-state index is 11.5. The second-order valence-electron chi connectivity index (χ2n) is 5.67. The molecule has 0 bridgehead atoms. The number of benzene rings is 1. The minimum Gasteiger partial charge on any atom is -0.492 e. The van der Waals surface area contributed by atoms with Crippen molar-refractivity contribution in [2.75, 3.05) is 19.5 Å². The number of sulfone groups is 1.